The van der Waals surface area contributed by atoms with Gasteiger partial charge in [-0.2, -0.15) is 0 Å². The van der Waals surface area contributed by atoms with E-state index in [4.69, 9.17) is 9.47 Å². The van der Waals surface area contributed by atoms with E-state index in [2.05, 4.69) is 22.2 Å². The van der Waals surface area contributed by atoms with Crippen molar-refractivity contribution < 1.29 is 14.3 Å². The maximum absolute atomic E-state index is 12.8. The number of carbonyl (C=O) groups is 1. The van der Waals surface area contributed by atoms with Gasteiger partial charge in [-0.3, -0.25) is 14.3 Å². The molecule has 180 valence electrons. The van der Waals surface area contributed by atoms with E-state index in [0.717, 1.165) is 54.8 Å². The average Bonchev–Trinajstić information content (AvgIpc) is 3.37. The third-order valence-electron chi connectivity index (χ3n) is 6.05. The molecular weight excluding hydrogens is 448 g/mol. The van der Waals surface area contributed by atoms with Gasteiger partial charge in [0.25, 0.3) is 5.91 Å². The number of imidazole rings is 1. The van der Waals surface area contributed by atoms with Crippen LogP contribution in [0.1, 0.15) is 28.8 Å². The van der Waals surface area contributed by atoms with E-state index in [9.17, 15) is 4.79 Å². The zero-order chi connectivity index (χ0) is 23.8. The van der Waals surface area contributed by atoms with Crippen LogP contribution in [0.2, 0.25) is 0 Å². The Kier molecular flexibility index (Phi) is 8.62. The van der Waals surface area contributed by atoms with E-state index in [-0.39, 0.29) is 5.91 Å². The molecule has 1 amide bonds. The number of nitrogens with one attached hydrogen (secondary N) is 1. The topological polar surface area (TPSA) is 68.6 Å². The highest BCUT2D eigenvalue weighted by Gasteiger charge is 2.18. The molecule has 0 atom stereocenters. The summed E-state index contributed by atoms with van der Waals surface area (Å²) in [6.07, 6.45) is 7.80. The van der Waals surface area contributed by atoms with E-state index in [1.54, 1.807) is 18.0 Å². The van der Waals surface area contributed by atoms with Crippen LogP contribution in [0.4, 0.5) is 0 Å². The van der Waals surface area contributed by atoms with E-state index < -0.39 is 0 Å². The van der Waals surface area contributed by atoms with Crippen LogP contribution in [-0.4, -0.2) is 66.1 Å². The maximum atomic E-state index is 12.8. The van der Waals surface area contributed by atoms with Crippen molar-refractivity contribution in [2.45, 2.75) is 30.6 Å². The van der Waals surface area contributed by atoms with Crippen molar-refractivity contribution in [1.82, 2.24) is 19.8 Å². The Bertz CT molecular complexity index is 1080. The van der Waals surface area contributed by atoms with E-state index in [0.29, 0.717) is 24.8 Å². The number of benzene rings is 2. The van der Waals surface area contributed by atoms with Crippen LogP contribution in [0.15, 0.2) is 66.1 Å². The molecule has 2 aromatic carbocycles. The van der Waals surface area contributed by atoms with Crippen molar-refractivity contribution in [1.29, 1.82) is 0 Å². The summed E-state index contributed by atoms with van der Waals surface area (Å²) in [6, 6.07) is 16.0. The molecule has 1 N–H and O–H groups in total. The van der Waals surface area contributed by atoms with Crippen LogP contribution in [0.3, 0.4) is 0 Å². The molecule has 2 heterocycles. The molecule has 0 spiro atoms. The molecule has 3 aromatic rings. The molecule has 8 heteroatoms. The number of amides is 1. The van der Waals surface area contributed by atoms with Gasteiger partial charge in [0.2, 0.25) is 0 Å². The van der Waals surface area contributed by atoms with Gasteiger partial charge < -0.3 is 14.8 Å². The first-order valence-electron chi connectivity index (χ1n) is 11.6. The van der Waals surface area contributed by atoms with Crippen molar-refractivity contribution in [2.24, 2.45) is 0 Å². The third-order valence-corrected chi connectivity index (χ3v) is 6.72. The number of rotatable bonds is 10. The normalized spacial score (nSPS) is 14.3. The summed E-state index contributed by atoms with van der Waals surface area (Å²) in [5.41, 5.74) is 2.52. The Morgan fingerprint density at radius 1 is 1.24 bits per heavy atom. The second-order valence-electron chi connectivity index (χ2n) is 8.34. The fourth-order valence-corrected chi connectivity index (χ4v) is 4.61. The quantitative estimate of drug-likeness (QED) is 0.442. The van der Waals surface area contributed by atoms with Gasteiger partial charge in [0.1, 0.15) is 12.4 Å². The van der Waals surface area contributed by atoms with Gasteiger partial charge in [0.15, 0.2) is 5.16 Å². The predicted molar refractivity (Wildman–Crippen MR) is 135 cm³/mol. The molecule has 7 nitrogen and oxygen atoms in total. The number of ether oxygens (including phenoxy) is 2. The molecule has 34 heavy (non-hydrogen) atoms. The number of hydrogen-bond donors (Lipinski definition) is 1. The third kappa shape index (κ3) is 6.40. The van der Waals surface area contributed by atoms with Crippen molar-refractivity contribution in [3.05, 3.63) is 72.1 Å². The first kappa shape index (κ1) is 24.3. The SMILES string of the molecule is CSc1nccn1-c1cccc(C(=O)NCc2cccc(OCCN(C)C3CCOCC3)c2)c1. The Morgan fingerprint density at radius 2 is 2.06 bits per heavy atom. The standard InChI is InChI=1S/C26H32N4O3S/c1-29(22-9-14-32-15-10-22)13-16-33-24-8-3-5-20(17-24)19-28-25(31)21-6-4-7-23(18-21)30-12-11-27-26(30)34-2/h3-8,11-12,17-18,22H,9-10,13-16,19H2,1-2H3,(H,28,31). The van der Waals surface area contributed by atoms with Gasteiger partial charge in [-0.1, -0.05) is 30.0 Å². The summed E-state index contributed by atoms with van der Waals surface area (Å²) < 4.78 is 13.4. The Labute approximate surface area is 205 Å². The zero-order valence-corrected chi connectivity index (χ0v) is 20.6. The molecule has 1 saturated heterocycles. The van der Waals surface area contributed by atoms with E-state index in [1.807, 2.05) is 65.6 Å². The van der Waals surface area contributed by atoms with Crippen molar-refractivity contribution in [3.8, 4) is 11.4 Å². The lowest BCUT2D eigenvalue weighted by molar-refractivity contribution is 0.0392. The molecule has 4 rings (SSSR count). The lowest BCUT2D eigenvalue weighted by Crippen LogP contribution is -2.38. The monoisotopic (exact) mass is 480 g/mol. The summed E-state index contributed by atoms with van der Waals surface area (Å²) in [5, 5.41) is 3.90. The highest BCUT2D eigenvalue weighted by Crippen LogP contribution is 2.19. The number of hydrogen-bond acceptors (Lipinski definition) is 6. The van der Waals surface area contributed by atoms with Gasteiger partial charge in [-0.15, -0.1) is 0 Å². The fraction of sp³-hybridized carbons (Fsp3) is 0.385. The lowest BCUT2D eigenvalue weighted by atomic mass is 10.1. The highest BCUT2D eigenvalue weighted by molar-refractivity contribution is 7.98. The fourth-order valence-electron chi connectivity index (χ4n) is 4.08. The van der Waals surface area contributed by atoms with Crippen molar-refractivity contribution in [2.75, 3.05) is 39.7 Å². The van der Waals surface area contributed by atoms with Crippen molar-refractivity contribution in [3.63, 3.8) is 0 Å². The lowest BCUT2D eigenvalue weighted by Gasteiger charge is -2.31. The molecule has 0 radical (unpaired) electrons. The Balaban J connectivity index is 1.29. The molecular formula is C26H32N4O3S. The molecule has 0 saturated carbocycles. The minimum Gasteiger partial charge on any atom is -0.492 e. The van der Waals surface area contributed by atoms with Gasteiger partial charge in [-0.25, -0.2) is 4.98 Å². The van der Waals surface area contributed by atoms with Gasteiger partial charge >= 0.3 is 0 Å². The van der Waals surface area contributed by atoms with Gasteiger partial charge in [-0.05, 0) is 62.0 Å². The van der Waals surface area contributed by atoms with Gasteiger partial charge in [0.05, 0.1) is 0 Å². The largest absolute Gasteiger partial charge is 0.492 e. The minimum absolute atomic E-state index is 0.114. The first-order valence-corrected chi connectivity index (χ1v) is 12.8. The summed E-state index contributed by atoms with van der Waals surface area (Å²) in [7, 11) is 2.15. The summed E-state index contributed by atoms with van der Waals surface area (Å²) >= 11 is 1.57. The summed E-state index contributed by atoms with van der Waals surface area (Å²) in [6.45, 7) is 3.62. The second-order valence-corrected chi connectivity index (χ2v) is 9.11. The van der Waals surface area contributed by atoms with Crippen LogP contribution < -0.4 is 10.1 Å². The second kappa shape index (κ2) is 12.1. The summed E-state index contributed by atoms with van der Waals surface area (Å²) in [4.78, 5) is 19.5. The van der Waals surface area contributed by atoms with Crippen LogP contribution in [-0.2, 0) is 11.3 Å². The number of aromatic nitrogens is 2. The van der Waals surface area contributed by atoms with Crippen LogP contribution in [0, 0.1) is 0 Å². The molecule has 1 aliphatic rings. The maximum Gasteiger partial charge on any atom is 0.251 e. The Morgan fingerprint density at radius 3 is 2.88 bits per heavy atom. The van der Waals surface area contributed by atoms with E-state index in [1.165, 1.54) is 0 Å². The molecule has 0 unspecified atom stereocenters. The van der Waals surface area contributed by atoms with Crippen molar-refractivity contribution >= 4 is 17.7 Å². The predicted octanol–water partition coefficient (Wildman–Crippen LogP) is 4.01. The van der Waals surface area contributed by atoms with E-state index >= 15 is 0 Å². The number of carbonyl (C=O) groups excluding carboxylic acids is 1. The molecule has 0 bridgehead atoms. The molecule has 1 fully saturated rings. The van der Waals surface area contributed by atoms with Crippen LogP contribution >= 0.6 is 11.8 Å². The Hall–Kier alpha value is -2.81. The van der Waals surface area contributed by atoms with Crippen LogP contribution in [0.5, 0.6) is 5.75 Å². The number of thioether (sulfide) groups is 1. The minimum atomic E-state index is -0.114. The zero-order valence-electron chi connectivity index (χ0n) is 19.8. The summed E-state index contributed by atoms with van der Waals surface area (Å²) in [5.74, 6) is 0.705. The average molecular weight is 481 g/mol. The smallest absolute Gasteiger partial charge is 0.251 e. The van der Waals surface area contributed by atoms with Crippen LogP contribution in [0.25, 0.3) is 5.69 Å². The molecule has 1 aromatic heterocycles. The highest BCUT2D eigenvalue weighted by atomic mass is 32.2. The molecule has 0 aliphatic carbocycles. The number of likely N-dealkylation sites (N-methyl/N-ethyl adjacent to an activating group) is 1. The number of nitrogens with zero attached hydrogens (tertiary/aromatic N) is 3. The first-order chi connectivity index (χ1) is 16.6. The molecule has 1 aliphatic heterocycles. The van der Waals surface area contributed by atoms with Gasteiger partial charge in [0, 0.05) is 56.0 Å².